The quantitative estimate of drug-likeness (QED) is 0.724. The zero-order valence-corrected chi connectivity index (χ0v) is 14.0. The maximum absolute atomic E-state index is 5.25. The molecule has 5 heteroatoms. The lowest BCUT2D eigenvalue weighted by Crippen LogP contribution is -2.20. The average Bonchev–Trinajstić information content (AvgIpc) is 3.25. The summed E-state index contributed by atoms with van der Waals surface area (Å²) in [6.07, 6.45) is 2.46. The highest BCUT2D eigenvalue weighted by Gasteiger charge is 2.21. The van der Waals surface area contributed by atoms with Gasteiger partial charge < -0.3 is 9.64 Å². The van der Waals surface area contributed by atoms with E-state index in [-0.39, 0.29) is 0 Å². The van der Waals surface area contributed by atoms with Gasteiger partial charge in [-0.25, -0.2) is 9.97 Å². The zero-order valence-electron chi connectivity index (χ0n) is 13.2. The van der Waals surface area contributed by atoms with E-state index in [2.05, 4.69) is 34.5 Å². The topological polar surface area (TPSA) is 38.2 Å². The van der Waals surface area contributed by atoms with Crippen LogP contribution in [-0.2, 0) is 11.3 Å². The first kappa shape index (κ1) is 14.6. The van der Waals surface area contributed by atoms with Crippen molar-refractivity contribution in [3.05, 3.63) is 41.5 Å². The number of aromatic nitrogens is 2. The van der Waals surface area contributed by atoms with E-state index >= 15 is 0 Å². The van der Waals surface area contributed by atoms with Crippen molar-refractivity contribution >= 4 is 27.4 Å². The van der Waals surface area contributed by atoms with Gasteiger partial charge in [0, 0.05) is 31.1 Å². The normalized spacial score (nSPS) is 14.7. The summed E-state index contributed by atoms with van der Waals surface area (Å²) in [7, 11) is 1.69. The molecular formula is C18H19N3OS. The number of fused-ring (bicyclic) bond motifs is 1. The number of thiophene rings is 1. The van der Waals surface area contributed by atoms with Crippen molar-refractivity contribution in [2.45, 2.75) is 19.4 Å². The lowest BCUT2D eigenvalue weighted by Gasteiger charge is -2.19. The Hall–Kier alpha value is -1.98. The Bertz CT molecular complexity index is 810. The Morgan fingerprint density at radius 3 is 2.65 bits per heavy atom. The Kier molecular flexibility index (Phi) is 3.97. The van der Waals surface area contributed by atoms with Crippen molar-refractivity contribution in [3.63, 3.8) is 0 Å². The summed E-state index contributed by atoms with van der Waals surface area (Å²) in [5, 5.41) is 3.38. The Morgan fingerprint density at radius 1 is 1.13 bits per heavy atom. The van der Waals surface area contributed by atoms with Crippen LogP contribution in [0.2, 0.25) is 0 Å². The number of benzene rings is 1. The fourth-order valence-electron chi connectivity index (χ4n) is 3.15. The van der Waals surface area contributed by atoms with Crippen molar-refractivity contribution in [1.82, 2.24) is 9.97 Å². The van der Waals surface area contributed by atoms with Gasteiger partial charge in [0.1, 0.15) is 17.3 Å². The average molecular weight is 325 g/mol. The van der Waals surface area contributed by atoms with Gasteiger partial charge in [-0.15, -0.1) is 11.3 Å². The largest absolute Gasteiger partial charge is 0.377 e. The van der Waals surface area contributed by atoms with Gasteiger partial charge in [0.2, 0.25) is 0 Å². The number of hydrogen-bond acceptors (Lipinski definition) is 5. The van der Waals surface area contributed by atoms with Crippen LogP contribution in [0.15, 0.2) is 35.7 Å². The Morgan fingerprint density at radius 2 is 1.91 bits per heavy atom. The van der Waals surface area contributed by atoms with Crippen LogP contribution in [0, 0.1) is 0 Å². The lowest BCUT2D eigenvalue weighted by atomic mass is 10.1. The third-order valence-electron chi connectivity index (χ3n) is 4.22. The molecule has 0 atom stereocenters. The first-order valence-corrected chi connectivity index (χ1v) is 8.82. The molecule has 0 spiro atoms. The van der Waals surface area contributed by atoms with E-state index in [4.69, 9.17) is 14.7 Å². The molecule has 4 nitrogen and oxygen atoms in total. The molecule has 3 heterocycles. The summed E-state index contributed by atoms with van der Waals surface area (Å²) in [6, 6.07) is 10.5. The summed E-state index contributed by atoms with van der Waals surface area (Å²) in [4.78, 5) is 13.0. The SMILES string of the molecule is COCc1nc(N2CCCC2)c2c(-c3ccccc3)csc2n1. The predicted molar refractivity (Wildman–Crippen MR) is 95.0 cm³/mol. The van der Waals surface area contributed by atoms with Gasteiger partial charge in [0.25, 0.3) is 0 Å². The molecule has 0 amide bonds. The van der Waals surface area contributed by atoms with E-state index in [1.165, 1.54) is 29.4 Å². The van der Waals surface area contributed by atoms with Crippen molar-refractivity contribution < 1.29 is 4.74 Å². The second-order valence-electron chi connectivity index (χ2n) is 5.79. The fraction of sp³-hybridized carbons (Fsp3) is 0.333. The molecule has 4 rings (SSSR count). The van der Waals surface area contributed by atoms with E-state index < -0.39 is 0 Å². The number of methoxy groups -OCH3 is 1. The van der Waals surface area contributed by atoms with Crippen molar-refractivity contribution in [1.29, 1.82) is 0 Å². The van der Waals surface area contributed by atoms with Crippen molar-refractivity contribution in [2.75, 3.05) is 25.1 Å². The van der Waals surface area contributed by atoms with Crippen LogP contribution in [0.3, 0.4) is 0 Å². The molecule has 0 N–H and O–H groups in total. The van der Waals surface area contributed by atoms with Gasteiger partial charge in [-0.05, 0) is 18.4 Å². The Labute approximate surface area is 139 Å². The van der Waals surface area contributed by atoms with E-state index in [0.29, 0.717) is 6.61 Å². The predicted octanol–water partition coefficient (Wildman–Crippen LogP) is 4.10. The molecule has 1 aliphatic heterocycles. The Balaban J connectivity index is 1.92. The number of nitrogens with zero attached hydrogens (tertiary/aromatic N) is 3. The summed E-state index contributed by atoms with van der Waals surface area (Å²) < 4.78 is 5.25. The van der Waals surface area contributed by atoms with Gasteiger partial charge in [0.05, 0.1) is 5.39 Å². The van der Waals surface area contributed by atoms with Crippen LogP contribution in [-0.4, -0.2) is 30.2 Å². The lowest BCUT2D eigenvalue weighted by molar-refractivity contribution is 0.178. The van der Waals surface area contributed by atoms with E-state index in [9.17, 15) is 0 Å². The molecule has 0 unspecified atom stereocenters. The van der Waals surface area contributed by atoms with Gasteiger partial charge in [-0.2, -0.15) is 0 Å². The number of anilines is 1. The van der Waals surface area contributed by atoms with Gasteiger partial charge in [-0.1, -0.05) is 30.3 Å². The highest BCUT2D eigenvalue weighted by molar-refractivity contribution is 7.17. The van der Waals surface area contributed by atoms with Crippen LogP contribution in [0.1, 0.15) is 18.7 Å². The fourth-order valence-corrected chi connectivity index (χ4v) is 4.11. The summed E-state index contributed by atoms with van der Waals surface area (Å²) >= 11 is 1.69. The first-order valence-electron chi connectivity index (χ1n) is 7.94. The van der Waals surface area contributed by atoms with Crippen LogP contribution in [0.25, 0.3) is 21.3 Å². The molecular weight excluding hydrogens is 306 g/mol. The van der Waals surface area contributed by atoms with E-state index in [1.54, 1.807) is 18.4 Å². The van der Waals surface area contributed by atoms with Gasteiger partial charge >= 0.3 is 0 Å². The third kappa shape index (κ3) is 2.71. The molecule has 1 aromatic carbocycles. The summed E-state index contributed by atoms with van der Waals surface area (Å²) in [5.74, 6) is 1.84. The maximum atomic E-state index is 5.25. The monoisotopic (exact) mass is 325 g/mol. The summed E-state index contributed by atoms with van der Waals surface area (Å²) in [5.41, 5.74) is 2.46. The van der Waals surface area contributed by atoms with E-state index in [0.717, 1.165) is 29.6 Å². The third-order valence-corrected chi connectivity index (χ3v) is 5.10. The standard InChI is InChI=1S/C18H19N3OS/c1-22-11-15-19-17(21-9-5-6-10-21)16-14(12-23-18(16)20-15)13-7-3-2-4-8-13/h2-4,7-8,12H,5-6,9-11H2,1H3. The second kappa shape index (κ2) is 6.26. The minimum atomic E-state index is 0.454. The molecule has 0 bridgehead atoms. The van der Waals surface area contributed by atoms with Crippen LogP contribution in [0.5, 0.6) is 0 Å². The highest BCUT2D eigenvalue weighted by atomic mass is 32.1. The molecule has 0 aliphatic carbocycles. The minimum Gasteiger partial charge on any atom is -0.377 e. The van der Waals surface area contributed by atoms with Crippen LogP contribution >= 0.6 is 11.3 Å². The summed E-state index contributed by atoms with van der Waals surface area (Å²) in [6.45, 7) is 2.60. The molecule has 3 aromatic rings. The maximum Gasteiger partial charge on any atom is 0.158 e. The van der Waals surface area contributed by atoms with Crippen LogP contribution < -0.4 is 4.90 Å². The van der Waals surface area contributed by atoms with Gasteiger partial charge in [0.15, 0.2) is 5.82 Å². The molecule has 2 aromatic heterocycles. The second-order valence-corrected chi connectivity index (χ2v) is 6.64. The van der Waals surface area contributed by atoms with Crippen LogP contribution in [0.4, 0.5) is 5.82 Å². The first-order chi connectivity index (χ1) is 11.4. The smallest absolute Gasteiger partial charge is 0.158 e. The van der Waals surface area contributed by atoms with E-state index in [1.807, 2.05) is 6.07 Å². The minimum absolute atomic E-state index is 0.454. The zero-order chi connectivity index (χ0) is 15.6. The molecule has 1 saturated heterocycles. The highest BCUT2D eigenvalue weighted by Crippen LogP contribution is 2.39. The number of ether oxygens (including phenoxy) is 1. The van der Waals surface area contributed by atoms with Crippen molar-refractivity contribution in [3.8, 4) is 11.1 Å². The van der Waals surface area contributed by atoms with Crippen molar-refractivity contribution in [2.24, 2.45) is 0 Å². The molecule has 118 valence electrons. The number of hydrogen-bond donors (Lipinski definition) is 0. The molecule has 0 saturated carbocycles. The molecule has 0 radical (unpaired) electrons. The molecule has 1 fully saturated rings. The molecule has 23 heavy (non-hydrogen) atoms. The van der Waals surface area contributed by atoms with Gasteiger partial charge in [-0.3, -0.25) is 0 Å². The molecule has 1 aliphatic rings. The number of rotatable bonds is 4.